The van der Waals surface area contributed by atoms with Crippen LogP contribution in [0.1, 0.15) is 5.56 Å². The first kappa shape index (κ1) is 38.6. The van der Waals surface area contributed by atoms with Gasteiger partial charge in [-0.15, -0.1) is 0 Å². The molecule has 0 unspecified atom stereocenters. The standard InChI is InChI=1S/C11H12O8P2.2Ca.4H2O/c1-7-6-10(18-20(12,13)14)8-4-2-3-5-9(8)11(7)19-21(15,16)17;;;;;;/h2-6H,1H3,(H2,12,13,14)(H2,15,16,17);;;4*1H2/q;2*+2;;;;/p-4. The first-order valence-electron chi connectivity index (χ1n) is 5.52. The second kappa shape index (κ2) is 14.9. The van der Waals surface area contributed by atoms with E-state index in [0.717, 1.165) is 6.07 Å². The van der Waals surface area contributed by atoms with Crippen LogP contribution >= 0.6 is 15.6 Å². The van der Waals surface area contributed by atoms with Crippen molar-refractivity contribution < 1.29 is 59.7 Å². The molecule has 0 atom stereocenters. The molecule has 0 radical (unpaired) electrons. The molecule has 0 saturated heterocycles. The van der Waals surface area contributed by atoms with Gasteiger partial charge in [-0.25, -0.2) is 0 Å². The van der Waals surface area contributed by atoms with Crippen molar-refractivity contribution in [2.24, 2.45) is 0 Å². The SMILES string of the molecule is Cc1cc(OP(=O)([O-])[O-])c2ccccc2c1OP(=O)([O-])[O-].O.O.O.O.[Ca+2].[Ca+2]. The van der Waals surface area contributed by atoms with Crippen molar-refractivity contribution in [3.05, 3.63) is 35.9 Å². The van der Waals surface area contributed by atoms with E-state index >= 15 is 0 Å². The van der Waals surface area contributed by atoms with Gasteiger partial charge in [-0.1, -0.05) is 24.3 Å². The van der Waals surface area contributed by atoms with Gasteiger partial charge in [0.25, 0.3) is 0 Å². The van der Waals surface area contributed by atoms with Gasteiger partial charge in [0, 0.05) is 10.8 Å². The zero-order valence-corrected chi connectivity index (χ0v) is 20.2. The minimum absolute atomic E-state index is 0. The Morgan fingerprint density at radius 3 is 1.59 bits per heavy atom. The first-order valence-corrected chi connectivity index (χ1v) is 8.44. The maximum Gasteiger partial charge on any atom is 2.00 e. The predicted molar refractivity (Wildman–Crippen MR) is 91.1 cm³/mol. The Bertz CT molecular complexity index is 790. The Morgan fingerprint density at radius 1 is 0.778 bits per heavy atom. The third-order valence-electron chi connectivity index (χ3n) is 2.56. The molecule has 2 rings (SSSR count). The van der Waals surface area contributed by atoms with E-state index in [-0.39, 0.29) is 125 Å². The Kier molecular flexibility index (Phi) is 21.2. The summed E-state index contributed by atoms with van der Waals surface area (Å²) in [7, 11) is -10.6. The molecule has 0 bridgehead atoms. The summed E-state index contributed by atoms with van der Waals surface area (Å²) >= 11 is 0. The van der Waals surface area contributed by atoms with Crippen LogP contribution in [0.15, 0.2) is 30.3 Å². The largest absolute Gasteiger partial charge is 2.00 e. The quantitative estimate of drug-likeness (QED) is 0.302. The van der Waals surface area contributed by atoms with Crippen LogP contribution in [0, 0.1) is 6.92 Å². The number of aryl methyl sites for hydroxylation is 1. The summed E-state index contributed by atoms with van der Waals surface area (Å²) in [6.07, 6.45) is 0. The second-order valence-corrected chi connectivity index (χ2v) is 6.30. The molecule has 0 aliphatic heterocycles. The monoisotopic (exact) mass is 482 g/mol. The zero-order chi connectivity index (χ0) is 15.8. The number of rotatable bonds is 4. The molecule has 0 aliphatic rings. The van der Waals surface area contributed by atoms with Crippen LogP contribution in [0.2, 0.25) is 0 Å². The van der Waals surface area contributed by atoms with Gasteiger partial charge in [0.15, 0.2) is 0 Å². The van der Waals surface area contributed by atoms with Crippen molar-refractivity contribution in [1.82, 2.24) is 0 Å². The molecule has 16 heteroatoms. The van der Waals surface area contributed by atoms with Gasteiger partial charge in [0.1, 0.15) is 27.1 Å². The average Bonchev–Trinajstić information content (AvgIpc) is 2.31. The van der Waals surface area contributed by atoms with Crippen LogP contribution in [0.3, 0.4) is 0 Å². The van der Waals surface area contributed by atoms with Crippen molar-refractivity contribution in [3.8, 4) is 11.5 Å². The van der Waals surface area contributed by atoms with Crippen molar-refractivity contribution in [2.75, 3.05) is 0 Å². The van der Waals surface area contributed by atoms with E-state index in [1.807, 2.05) is 0 Å². The normalized spacial score (nSPS) is 9.67. The molecular formula is C11H16Ca2O12P2. The summed E-state index contributed by atoms with van der Waals surface area (Å²) in [6, 6.07) is 6.94. The van der Waals surface area contributed by atoms with E-state index in [0.29, 0.717) is 0 Å². The van der Waals surface area contributed by atoms with Crippen molar-refractivity contribution in [1.29, 1.82) is 0 Å². The van der Waals surface area contributed by atoms with Gasteiger partial charge in [-0.3, -0.25) is 0 Å². The van der Waals surface area contributed by atoms with E-state index < -0.39 is 15.6 Å². The van der Waals surface area contributed by atoms with E-state index in [1.54, 1.807) is 0 Å². The van der Waals surface area contributed by atoms with Crippen LogP contribution in [-0.2, 0) is 9.13 Å². The maximum atomic E-state index is 10.8. The predicted octanol–water partition coefficient (Wildman–Crippen LogP) is -4.50. The fourth-order valence-electron chi connectivity index (χ4n) is 1.88. The molecule has 8 N–H and O–H groups in total. The molecule has 146 valence electrons. The number of hydrogen-bond donors (Lipinski definition) is 0. The molecule has 12 nitrogen and oxygen atoms in total. The summed E-state index contributed by atoms with van der Waals surface area (Å²) in [5.74, 6) is -0.506. The van der Waals surface area contributed by atoms with Crippen LogP contribution in [-0.4, -0.2) is 97.4 Å². The minimum atomic E-state index is -5.29. The molecular weight excluding hydrogens is 466 g/mol. The van der Waals surface area contributed by atoms with E-state index in [9.17, 15) is 28.7 Å². The van der Waals surface area contributed by atoms with Crippen LogP contribution in [0.4, 0.5) is 0 Å². The average molecular weight is 482 g/mol. The molecule has 0 heterocycles. The van der Waals surface area contributed by atoms with Crippen LogP contribution < -0.4 is 28.6 Å². The minimum Gasteiger partial charge on any atom is -0.780 e. The smallest absolute Gasteiger partial charge is 0.780 e. The molecule has 0 aromatic heterocycles. The van der Waals surface area contributed by atoms with E-state index in [1.165, 1.54) is 31.2 Å². The fourth-order valence-corrected chi connectivity index (χ4v) is 2.74. The summed E-state index contributed by atoms with van der Waals surface area (Å²) < 4.78 is 30.3. The second-order valence-electron chi connectivity index (χ2n) is 4.14. The topological polar surface area (TPSA) is 271 Å². The van der Waals surface area contributed by atoms with Gasteiger partial charge >= 0.3 is 75.5 Å². The number of benzene rings is 2. The van der Waals surface area contributed by atoms with Crippen molar-refractivity contribution >= 4 is 102 Å². The third kappa shape index (κ3) is 11.7. The molecule has 2 aromatic carbocycles. The zero-order valence-electron chi connectivity index (χ0n) is 14.0. The third-order valence-corrected chi connectivity index (χ3v) is 3.38. The molecule has 0 aliphatic carbocycles. The molecule has 27 heavy (non-hydrogen) atoms. The van der Waals surface area contributed by atoms with Gasteiger partial charge in [-0.2, -0.15) is 0 Å². The summed E-state index contributed by atoms with van der Waals surface area (Å²) in [4.78, 5) is 43.1. The van der Waals surface area contributed by atoms with Gasteiger partial charge < -0.3 is 59.7 Å². The van der Waals surface area contributed by atoms with Gasteiger partial charge in [-0.05, 0) is 18.6 Å². The number of hydrogen-bond acceptors (Lipinski definition) is 8. The van der Waals surface area contributed by atoms with Crippen LogP contribution in [0.5, 0.6) is 11.5 Å². The summed E-state index contributed by atoms with van der Waals surface area (Å²) in [6.45, 7) is 1.38. The molecule has 2 aromatic rings. The first-order chi connectivity index (χ1) is 9.57. The van der Waals surface area contributed by atoms with Gasteiger partial charge in [0.05, 0.1) is 0 Å². The van der Waals surface area contributed by atoms with Crippen LogP contribution in [0.25, 0.3) is 10.8 Å². The molecule has 0 fully saturated rings. The van der Waals surface area contributed by atoms with Crippen molar-refractivity contribution in [3.63, 3.8) is 0 Å². The van der Waals surface area contributed by atoms with E-state index in [2.05, 4.69) is 9.05 Å². The number of fused-ring (bicyclic) bond motifs is 1. The van der Waals surface area contributed by atoms with E-state index in [4.69, 9.17) is 0 Å². The summed E-state index contributed by atoms with van der Waals surface area (Å²) in [5.41, 5.74) is 0.129. The summed E-state index contributed by atoms with van der Waals surface area (Å²) in [5, 5.41) is 0.256. The Balaban J connectivity index is -0.000000269. The Labute approximate surface area is 213 Å². The fraction of sp³-hybridized carbons (Fsp3) is 0.0909. The maximum absolute atomic E-state index is 10.8. The number of phosphoric ester groups is 2. The molecule has 0 amide bonds. The van der Waals surface area contributed by atoms with Crippen molar-refractivity contribution in [2.45, 2.75) is 6.92 Å². The molecule has 0 saturated carbocycles. The Hall–Kier alpha value is 0.959. The Morgan fingerprint density at radius 2 is 1.19 bits per heavy atom. The number of phosphoric acid groups is 2. The van der Waals surface area contributed by atoms with Gasteiger partial charge in [0.2, 0.25) is 0 Å². The molecule has 0 spiro atoms.